The van der Waals surface area contributed by atoms with Crippen LogP contribution in [0, 0.1) is 5.82 Å². The van der Waals surface area contributed by atoms with E-state index < -0.39 is 0 Å². The van der Waals surface area contributed by atoms with Gasteiger partial charge in [-0.3, -0.25) is 0 Å². The lowest BCUT2D eigenvalue weighted by Gasteiger charge is -2.38. The first-order valence-corrected chi connectivity index (χ1v) is 7.59. The van der Waals surface area contributed by atoms with Crippen molar-refractivity contribution in [2.75, 3.05) is 0 Å². The van der Waals surface area contributed by atoms with E-state index in [1.807, 2.05) is 12.1 Å². The Bertz CT molecular complexity index is 536. The van der Waals surface area contributed by atoms with Crippen LogP contribution in [0.1, 0.15) is 43.2 Å². The van der Waals surface area contributed by atoms with E-state index >= 15 is 0 Å². The van der Waals surface area contributed by atoms with Crippen LogP contribution < -0.4 is 0 Å². The zero-order valence-electron chi connectivity index (χ0n) is 11.8. The average molecular weight is 268 g/mol. The summed E-state index contributed by atoms with van der Waals surface area (Å²) in [4.78, 5) is 0. The second-order valence-electron chi connectivity index (χ2n) is 6.01. The average Bonchev–Trinajstić information content (AvgIpc) is 2.50. The van der Waals surface area contributed by atoms with Crippen molar-refractivity contribution in [3.8, 4) is 0 Å². The molecular formula is C19H21F. The Morgan fingerprint density at radius 3 is 2.10 bits per heavy atom. The van der Waals surface area contributed by atoms with Gasteiger partial charge in [-0.15, -0.1) is 0 Å². The van der Waals surface area contributed by atoms with Crippen LogP contribution in [0.25, 0.3) is 0 Å². The van der Waals surface area contributed by atoms with E-state index in [-0.39, 0.29) is 11.2 Å². The molecule has 0 aromatic heterocycles. The van der Waals surface area contributed by atoms with Crippen LogP contribution in [-0.4, -0.2) is 0 Å². The summed E-state index contributed by atoms with van der Waals surface area (Å²) in [5.41, 5.74) is 2.90. The normalized spacial score (nSPS) is 17.9. The zero-order valence-corrected chi connectivity index (χ0v) is 11.8. The van der Waals surface area contributed by atoms with Gasteiger partial charge in [0.2, 0.25) is 0 Å². The number of halogens is 1. The molecule has 0 unspecified atom stereocenters. The van der Waals surface area contributed by atoms with Gasteiger partial charge >= 0.3 is 0 Å². The molecule has 20 heavy (non-hydrogen) atoms. The first-order valence-electron chi connectivity index (χ1n) is 7.59. The third-order valence-electron chi connectivity index (χ3n) is 4.65. The number of benzene rings is 2. The second kappa shape index (κ2) is 5.78. The van der Waals surface area contributed by atoms with Gasteiger partial charge in [-0.1, -0.05) is 61.7 Å². The van der Waals surface area contributed by atoms with Crippen molar-refractivity contribution >= 4 is 0 Å². The topological polar surface area (TPSA) is 0 Å². The minimum atomic E-state index is -0.139. The molecule has 0 N–H and O–H groups in total. The Hall–Kier alpha value is -1.63. The molecule has 0 saturated heterocycles. The summed E-state index contributed by atoms with van der Waals surface area (Å²) < 4.78 is 13.2. The van der Waals surface area contributed by atoms with Gasteiger partial charge in [0, 0.05) is 0 Å². The predicted octanol–water partition coefficient (Wildman–Crippen LogP) is 5.27. The van der Waals surface area contributed by atoms with E-state index in [9.17, 15) is 4.39 Å². The second-order valence-corrected chi connectivity index (χ2v) is 6.01. The van der Waals surface area contributed by atoms with Gasteiger partial charge in [-0.05, 0) is 47.9 Å². The highest BCUT2D eigenvalue weighted by Gasteiger charge is 2.33. The molecule has 0 spiro atoms. The minimum absolute atomic E-state index is 0.139. The van der Waals surface area contributed by atoms with Crippen molar-refractivity contribution in [2.45, 2.75) is 43.9 Å². The molecule has 1 saturated carbocycles. The predicted molar refractivity (Wildman–Crippen MR) is 81.3 cm³/mol. The van der Waals surface area contributed by atoms with Gasteiger partial charge in [-0.25, -0.2) is 4.39 Å². The van der Waals surface area contributed by atoms with E-state index in [2.05, 4.69) is 30.3 Å². The van der Waals surface area contributed by atoms with E-state index in [4.69, 9.17) is 0 Å². The smallest absolute Gasteiger partial charge is 0.123 e. The van der Waals surface area contributed by atoms with Gasteiger partial charge in [-0.2, -0.15) is 0 Å². The molecule has 1 fully saturated rings. The first-order chi connectivity index (χ1) is 9.78. The molecule has 0 amide bonds. The van der Waals surface area contributed by atoms with Gasteiger partial charge in [0.05, 0.1) is 0 Å². The maximum atomic E-state index is 13.2. The van der Waals surface area contributed by atoms with Crippen LogP contribution in [-0.2, 0) is 11.8 Å². The molecule has 0 bridgehead atoms. The number of hydrogen-bond acceptors (Lipinski definition) is 0. The fraction of sp³-hybridized carbons (Fsp3) is 0.368. The van der Waals surface area contributed by atoms with E-state index in [0.29, 0.717) is 0 Å². The highest BCUT2D eigenvalue weighted by atomic mass is 19.1. The van der Waals surface area contributed by atoms with Crippen molar-refractivity contribution < 1.29 is 4.39 Å². The third kappa shape index (κ3) is 2.77. The summed E-state index contributed by atoms with van der Waals surface area (Å²) in [5, 5.41) is 0. The lowest BCUT2D eigenvalue weighted by molar-refractivity contribution is 0.290. The maximum absolute atomic E-state index is 13.2. The van der Waals surface area contributed by atoms with E-state index in [1.165, 1.54) is 43.2 Å². The van der Waals surface area contributed by atoms with Gasteiger partial charge in [0.15, 0.2) is 0 Å². The molecule has 0 nitrogen and oxygen atoms in total. The summed E-state index contributed by atoms with van der Waals surface area (Å²) in [6, 6.07) is 17.9. The monoisotopic (exact) mass is 268 g/mol. The van der Waals surface area contributed by atoms with Crippen LogP contribution in [0.5, 0.6) is 0 Å². The molecule has 0 heterocycles. The molecule has 104 valence electrons. The summed E-state index contributed by atoms with van der Waals surface area (Å²) in [7, 11) is 0. The van der Waals surface area contributed by atoms with E-state index in [1.54, 1.807) is 12.1 Å². The molecule has 3 rings (SSSR count). The summed E-state index contributed by atoms with van der Waals surface area (Å²) in [6.45, 7) is 0. The van der Waals surface area contributed by atoms with Crippen LogP contribution in [0.2, 0.25) is 0 Å². The SMILES string of the molecule is Fc1ccc(C2(Cc3ccccc3)CCCCC2)cc1. The Balaban J connectivity index is 1.94. The fourth-order valence-electron chi connectivity index (χ4n) is 3.59. The van der Waals surface area contributed by atoms with Crippen molar-refractivity contribution in [2.24, 2.45) is 0 Å². The van der Waals surface area contributed by atoms with Gasteiger partial charge in [0.1, 0.15) is 5.82 Å². The summed E-state index contributed by atoms with van der Waals surface area (Å²) in [5.74, 6) is -0.139. The van der Waals surface area contributed by atoms with Crippen molar-refractivity contribution in [3.05, 3.63) is 71.5 Å². The molecule has 0 aliphatic heterocycles. The molecular weight excluding hydrogens is 247 g/mol. The van der Waals surface area contributed by atoms with Gasteiger partial charge in [0.25, 0.3) is 0 Å². The Kier molecular flexibility index (Phi) is 3.86. The number of hydrogen-bond donors (Lipinski definition) is 0. The lowest BCUT2D eigenvalue weighted by atomic mass is 9.66. The van der Waals surface area contributed by atoms with Crippen molar-refractivity contribution in [1.82, 2.24) is 0 Å². The summed E-state index contributed by atoms with van der Waals surface area (Å²) in [6.07, 6.45) is 7.40. The van der Waals surface area contributed by atoms with Crippen LogP contribution >= 0.6 is 0 Å². The van der Waals surface area contributed by atoms with Crippen molar-refractivity contribution in [1.29, 1.82) is 0 Å². The zero-order chi connectivity index (χ0) is 13.8. The maximum Gasteiger partial charge on any atom is 0.123 e. The molecule has 2 aromatic rings. The third-order valence-corrected chi connectivity index (χ3v) is 4.65. The van der Waals surface area contributed by atoms with Crippen LogP contribution in [0.4, 0.5) is 4.39 Å². The summed E-state index contributed by atoms with van der Waals surface area (Å²) >= 11 is 0. The highest BCUT2D eigenvalue weighted by Crippen LogP contribution is 2.42. The molecule has 2 aromatic carbocycles. The fourth-order valence-corrected chi connectivity index (χ4v) is 3.59. The highest BCUT2D eigenvalue weighted by molar-refractivity contribution is 5.30. The van der Waals surface area contributed by atoms with Crippen LogP contribution in [0.15, 0.2) is 54.6 Å². The standard InChI is InChI=1S/C19H21F/c20-18-11-9-17(10-12-18)19(13-5-2-6-14-19)15-16-7-3-1-4-8-16/h1,3-4,7-12H,2,5-6,13-15H2. The molecule has 1 aliphatic carbocycles. The molecule has 1 aliphatic rings. The quantitative estimate of drug-likeness (QED) is 0.711. The molecule has 1 heteroatoms. The lowest BCUT2D eigenvalue weighted by Crippen LogP contribution is -2.31. The molecule has 0 radical (unpaired) electrons. The largest absolute Gasteiger partial charge is 0.207 e. The Labute approximate surface area is 120 Å². The van der Waals surface area contributed by atoms with Crippen LogP contribution in [0.3, 0.4) is 0 Å². The molecule has 0 atom stereocenters. The first kappa shape index (κ1) is 13.4. The Morgan fingerprint density at radius 2 is 1.45 bits per heavy atom. The number of rotatable bonds is 3. The Morgan fingerprint density at radius 1 is 0.800 bits per heavy atom. The van der Waals surface area contributed by atoms with Crippen molar-refractivity contribution in [3.63, 3.8) is 0 Å². The minimum Gasteiger partial charge on any atom is -0.207 e. The van der Waals surface area contributed by atoms with Gasteiger partial charge < -0.3 is 0 Å². The van der Waals surface area contributed by atoms with E-state index in [0.717, 1.165) is 6.42 Å².